The summed E-state index contributed by atoms with van der Waals surface area (Å²) in [7, 11) is 4.30. The highest BCUT2D eigenvalue weighted by Gasteiger charge is 2.26. The molecule has 1 N–H and O–H groups in total. The lowest BCUT2D eigenvalue weighted by molar-refractivity contribution is 0.205. The molecular weight excluding hydrogens is 232 g/mol. The molecule has 1 aliphatic rings. The third kappa shape index (κ3) is 3.21. The summed E-state index contributed by atoms with van der Waals surface area (Å²) in [5.41, 5.74) is 1.35. The van der Waals surface area contributed by atoms with Gasteiger partial charge in [0.05, 0.1) is 0 Å². The summed E-state index contributed by atoms with van der Waals surface area (Å²) in [5, 5.41) is 4.45. The molecule has 94 valence electrons. The summed E-state index contributed by atoms with van der Waals surface area (Å²) >= 11 is 5.95. The number of hydrogen-bond donors (Lipinski definition) is 1. The highest BCUT2D eigenvalue weighted by atomic mass is 35.5. The molecule has 0 radical (unpaired) electrons. The van der Waals surface area contributed by atoms with Crippen molar-refractivity contribution < 1.29 is 0 Å². The molecule has 1 aromatic carbocycles. The number of rotatable bonds is 3. The van der Waals surface area contributed by atoms with Gasteiger partial charge in [0.1, 0.15) is 0 Å². The second-order valence-electron chi connectivity index (χ2n) is 5.02. The smallest absolute Gasteiger partial charge is 0.0495 e. The van der Waals surface area contributed by atoms with Crippen molar-refractivity contribution in [3.8, 4) is 0 Å². The standard InChI is InChI=1S/C14H21ClN2/c1-17(2)14(13-5-3-4-10-16-13)11-6-8-12(15)9-7-11/h6-9,13-14,16H,3-5,10H2,1-2H3. The Hall–Kier alpha value is -0.570. The van der Waals surface area contributed by atoms with Crippen LogP contribution >= 0.6 is 11.6 Å². The summed E-state index contributed by atoms with van der Waals surface area (Å²) in [6, 6.07) is 9.24. The Balaban J connectivity index is 2.18. The van der Waals surface area contributed by atoms with Crippen molar-refractivity contribution in [2.75, 3.05) is 20.6 Å². The fraction of sp³-hybridized carbons (Fsp3) is 0.571. The fourth-order valence-electron chi connectivity index (χ4n) is 2.70. The van der Waals surface area contributed by atoms with Gasteiger partial charge in [0.2, 0.25) is 0 Å². The molecule has 0 aliphatic carbocycles. The number of halogens is 1. The molecule has 0 saturated carbocycles. The Labute approximate surface area is 109 Å². The maximum atomic E-state index is 5.95. The first-order chi connectivity index (χ1) is 8.18. The van der Waals surface area contributed by atoms with Gasteiger partial charge in [-0.2, -0.15) is 0 Å². The maximum absolute atomic E-state index is 5.95. The average Bonchev–Trinajstić information content (AvgIpc) is 2.33. The zero-order chi connectivity index (χ0) is 12.3. The summed E-state index contributed by atoms with van der Waals surface area (Å²) < 4.78 is 0. The molecule has 0 spiro atoms. The quantitative estimate of drug-likeness (QED) is 0.890. The minimum Gasteiger partial charge on any atom is -0.312 e. The van der Waals surface area contributed by atoms with Gasteiger partial charge in [0, 0.05) is 17.1 Å². The first-order valence-corrected chi connectivity index (χ1v) is 6.71. The van der Waals surface area contributed by atoms with Gasteiger partial charge in [0.15, 0.2) is 0 Å². The molecule has 1 heterocycles. The first kappa shape index (κ1) is 12.9. The topological polar surface area (TPSA) is 15.3 Å². The summed E-state index contributed by atoms with van der Waals surface area (Å²) in [6.07, 6.45) is 3.89. The number of nitrogens with one attached hydrogen (secondary N) is 1. The minimum absolute atomic E-state index is 0.438. The van der Waals surface area contributed by atoms with Crippen LogP contribution in [-0.2, 0) is 0 Å². The van der Waals surface area contributed by atoms with Gasteiger partial charge in [-0.1, -0.05) is 30.2 Å². The molecule has 0 bridgehead atoms. The molecular formula is C14H21ClN2. The van der Waals surface area contributed by atoms with E-state index in [4.69, 9.17) is 11.6 Å². The minimum atomic E-state index is 0.438. The Bertz CT molecular complexity index is 342. The van der Waals surface area contributed by atoms with Crippen LogP contribution < -0.4 is 5.32 Å². The van der Waals surface area contributed by atoms with Gasteiger partial charge in [-0.3, -0.25) is 0 Å². The van der Waals surface area contributed by atoms with Gasteiger partial charge in [0.25, 0.3) is 0 Å². The highest BCUT2D eigenvalue weighted by Crippen LogP contribution is 2.27. The van der Waals surface area contributed by atoms with Crippen LogP contribution in [0.1, 0.15) is 30.9 Å². The van der Waals surface area contributed by atoms with Gasteiger partial charge in [-0.15, -0.1) is 0 Å². The summed E-state index contributed by atoms with van der Waals surface area (Å²) in [6.45, 7) is 1.14. The molecule has 2 nitrogen and oxygen atoms in total. The van der Waals surface area contributed by atoms with Crippen LogP contribution in [0.3, 0.4) is 0 Å². The van der Waals surface area contributed by atoms with Crippen molar-refractivity contribution in [2.24, 2.45) is 0 Å². The molecule has 1 aliphatic heterocycles. The molecule has 3 heteroatoms. The molecule has 0 aromatic heterocycles. The van der Waals surface area contributed by atoms with Gasteiger partial charge < -0.3 is 10.2 Å². The first-order valence-electron chi connectivity index (χ1n) is 6.34. The van der Waals surface area contributed by atoms with Crippen molar-refractivity contribution in [3.63, 3.8) is 0 Å². The van der Waals surface area contributed by atoms with Gasteiger partial charge in [-0.05, 0) is 51.2 Å². The maximum Gasteiger partial charge on any atom is 0.0495 e. The largest absolute Gasteiger partial charge is 0.312 e. The normalized spacial score (nSPS) is 22.7. The summed E-state index contributed by atoms with van der Waals surface area (Å²) in [5.74, 6) is 0. The Morgan fingerprint density at radius 3 is 2.47 bits per heavy atom. The lowest BCUT2D eigenvalue weighted by Gasteiger charge is -2.36. The van der Waals surface area contributed by atoms with Crippen LogP contribution in [0.25, 0.3) is 0 Å². The van der Waals surface area contributed by atoms with Crippen LogP contribution in [0.2, 0.25) is 5.02 Å². The second kappa shape index (κ2) is 5.85. The van der Waals surface area contributed by atoms with E-state index < -0.39 is 0 Å². The van der Waals surface area contributed by atoms with Crippen LogP contribution in [0.15, 0.2) is 24.3 Å². The van der Waals surface area contributed by atoms with E-state index in [-0.39, 0.29) is 0 Å². The highest BCUT2D eigenvalue weighted by molar-refractivity contribution is 6.30. The third-order valence-corrected chi connectivity index (χ3v) is 3.75. The number of nitrogens with zero attached hydrogens (tertiary/aromatic N) is 1. The van der Waals surface area contributed by atoms with Crippen molar-refractivity contribution in [2.45, 2.75) is 31.3 Å². The number of hydrogen-bond acceptors (Lipinski definition) is 2. The summed E-state index contributed by atoms with van der Waals surface area (Å²) in [4.78, 5) is 2.30. The number of piperidine rings is 1. The molecule has 1 saturated heterocycles. The van der Waals surface area contributed by atoms with Crippen molar-refractivity contribution in [1.29, 1.82) is 0 Å². The molecule has 1 aromatic rings. The van der Waals surface area contributed by atoms with Crippen LogP contribution in [0, 0.1) is 0 Å². The van der Waals surface area contributed by atoms with Crippen LogP contribution in [0.4, 0.5) is 0 Å². The van der Waals surface area contributed by atoms with E-state index in [1.807, 2.05) is 12.1 Å². The monoisotopic (exact) mass is 252 g/mol. The molecule has 0 amide bonds. The van der Waals surface area contributed by atoms with E-state index in [2.05, 4.69) is 36.4 Å². The van der Waals surface area contributed by atoms with Gasteiger partial charge >= 0.3 is 0 Å². The fourth-order valence-corrected chi connectivity index (χ4v) is 2.82. The molecule has 2 atom stereocenters. The lowest BCUT2D eigenvalue weighted by Crippen LogP contribution is -2.44. The second-order valence-corrected chi connectivity index (χ2v) is 5.45. The predicted octanol–water partition coefficient (Wildman–Crippen LogP) is 3.08. The average molecular weight is 253 g/mol. The number of likely N-dealkylation sites (N-methyl/N-ethyl adjacent to an activating group) is 1. The third-order valence-electron chi connectivity index (χ3n) is 3.50. The predicted molar refractivity (Wildman–Crippen MR) is 73.5 cm³/mol. The van der Waals surface area contributed by atoms with Gasteiger partial charge in [-0.25, -0.2) is 0 Å². The SMILES string of the molecule is CN(C)C(c1ccc(Cl)cc1)C1CCCCN1. The zero-order valence-corrected chi connectivity index (χ0v) is 11.4. The van der Waals surface area contributed by atoms with E-state index >= 15 is 0 Å². The van der Waals surface area contributed by atoms with E-state index in [1.54, 1.807) is 0 Å². The van der Waals surface area contributed by atoms with E-state index in [0.717, 1.165) is 11.6 Å². The zero-order valence-electron chi connectivity index (χ0n) is 10.6. The Morgan fingerprint density at radius 1 is 1.24 bits per heavy atom. The lowest BCUT2D eigenvalue weighted by atomic mass is 9.92. The number of benzene rings is 1. The molecule has 1 fully saturated rings. The van der Waals surface area contributed by atoms with Crippen molar-refractivity contribution in [1.82, 2.24) is 10.2 Å². The Morgan fingerprint density at radius 2 is 1.94 bits per heavy atom. The molecule has 2 rings (SSSR count). The van der Waals surface area contributed by atoms with Crippen molar-refractivity contribution >= 4 is 11.6 Å². The van der Waals surface area contributed by atoms with Crippen LogP contribution in [-0.4, -0.2) is 31.6 Å². The molecule has 2 unspecified atom stereocenters. The van der Waals surface area contributed by atoms with Crippen LogP contribution in [0.5, 0.6) is 0 Å². The van der Waals surface area contributed by atoms with E-state index in [0.29, 0.717) is 12.1 Å². The van der Waals surface area contributed by atoms with Crippen molar-refractivity contribution in [3.05, 3.63) is 34.9 Å². The van der Waals surface area contributed by atoms with E-state index in [9.17, 15) is 0 Å². The van der Waals surface area contributed by atoms with E-state index in [1.165, 1.54) is 24.8 Å². The molecule has 17 heavy (non-hydrogen) atoms. The Kier molecular flexibility index (Phi) is 4.43.